The van der Waals surface area contributed by atoms with E-state index in [9.17, 15) is 18.8 Å². The van der Waals surface area contributed by atoms with Crippen LogP contribution in [0.25, 0.3) is 33.4 Å². The van der Waals surface area contributed by atoms with E-state index in [0.29, 0.717) is 62.8 Å². The van der Waals surface area contributed by atoms with Gasteiger partial charge in [-0.15, -0.1) is 0 Å². The number of rotatable bonds is 7. The number of halogens is 1. The van der Waals surface area contributed by atoms with Crippen molar-refractivity contribution in [1.29, 1.82) is 0 Å². The number of carbonyl (C=O) groups excluding carboxylic acids is 2. The molecule has 0 aliphatic rings. The van der Waals surface area contributed by atoms with Crippen molar-refractivity contribution in [2.24, 2.45) is 14.1 Å². The van der Waals surface area contributed by atoms with Crippen molar-refractivity contribution >= 4 is 34.2 Å². The molecule has 0 fully saturated rings. The van der Waals surface area contributed by atoms with Gasteiger partial charge in [-0.2, -0.15) is 14.2 Å². The van der Waals surface area contributed by atoms with Gasteiger partial charge in [-0.1, -0.05) is 12.1 Å². The van der Waals surface area contributed by atoms with E-state index in [-0.39, 0.29) is 11.3 Å². The average Bonchev–Trinajstić information content (AvgIpc) is 3.66. The van der Waals surface area contributed by atoms with Gasteiger partial charge in [0.25, 0.3) is 17.4 Å². The van der Waals surface area contributed by atoms with Gasteiger partial charge in [0.2, 0.25) is 5.95 Å². The van der Waals surface area contributed by atoms with Crippen molar-refractivity contribution in [1.82, 2.24) is 29.1 Å². The zero-order valence-electron chi connectivity index (χ0n) is 24.3. The molecular formula is C31H27FN8O4. The maximum absolute atomic E-state index is 14.7. The second-order valence-corrected chi connectivity index (χ2v) is 10.1. The van der Waals surface area contributed by atoms with Crippen LogP contribution in [0.2, 0.25) is 0 Å². The maximum Gasteiger partial charge on any atom is 0.290 e. The minimum Gasteiger partial charge on any atom is -0.381 e. The Morgan fingerprint density at radius 1 is 1.02 bits per heavy atom. The number of hydrogen-bond acceptors (Lipinski definition) is 7. The summed E-state index contributed by atoms with van der Waals surface area (Å²) in [5, 5.41) is 10.0. The lowest BCUT2D eigenvalue weighted by Crippen LogP contribution is -2.17. The van der Waals surface area contributed by atoms with Gasteiger partial charge < -0.3 is 19.7 Å². The lowest BCUT2D eigenvalue weighted by atomic mass is 10.1. The molecular weight excluding hydrogens is 567 g/mol. The zero-order chi connectivity index (χ0) is 31.1. The van der Waals surface area contributed by atoms with E-state index in [1.807, 2.05) is 11.5 Å². The van der Waals surface area contributed by atoms with Crippen molar-refractivity contribution in [2.45, 2.75) is 20.4 Å². The van der Waals surface area contributed by atoms with Crippen LogP contribution in [0, 0.1) is 12.9 Å². The molecule has 5 aromatic heterocycles. The fraction of sp³-hybridized carbons (Fsp3) is 0.161. The third-order valence-corrected chi connectivity index (χ3v) is 7.15. The van der Waals surface area contributed by atoms with Gasteiger partial charge >= 0.3 is 0 Å². The summed E-state index contributed by atoms with van der Waals surface area (Å²) in [4.78, 5) is 47.3. The molecule has 6 aromatic rings. The lowest BCUT2D eigenvalue weighted by molar-refractivity contribution is 0.101. The summed E-state index contributed by atoms with van der Waals surface area (Å²) in [7, 11) is 3.28. The van der Waals surface area contributed by atoms with Crippen molar-refractivity contribution in [3.05, 3.63) is 100 Å². The Bertz CT molecular complexity index is 2120. The van der Waals surface area contributed by atoms with Crippen molar-refractivity contribution in [3.8, 4) is 22.5 Å². The molecule has 2 amide bonds. The number of amides is 2. The average molecular weight is 595 g/mol. The number of hydrogen-bond donors (Lipinski definition) is 2. The fourth-order valence-electron chi connectivity index (χ4n) is 5.18. The largest absolute Gasteiger partial charge is 0.381 e. The summed E-state index contributed by atoms with van der Waals surface area (Å²) >= 11 is 0. The van der Waals surface area contributed by atoms with E-state index in [4.69, 9.17) is 4.52 Å². The minimum atomic E-state index is -0.819. The van der Waals surface area contributed by atoms with Crippen LogP contribution >= 0.6 is 0 Å². The second kappa shape index (κ2) is 11.1. The second-order valence-electron chi connectivity index (χ2n) is 10.1. The highest BCUT2D eigenvalue weighted by Gasteiger charge is 2.22. The molecule has 13 heteroatoms. The highest BCUT2D eigenvalue weighted by atomic mass is 19.1. The van der Waals surface area contributed by atoms with E-state index in [1.165, 1.54) is 12.1 Å². The van der Waals surface area contributed by atoms with Crippen LogP contribution < -0.4 is 16.2 Å². The van der Waals surface area contributed by atoms with Gasteiger partial charge in [-0.25, -0.2) is 4.98 Å². The molecule has 0 aliphatic carbocycles. The summed E-state index contributed by atoms with van der Waals surface area (Å²) in [5.41, 5.74) is 2.88. The molecule has 0 saturated carbocycles. The van der Waals surface area contributed by atoms with Crippen LogP contribution in [0.1, 0.15) is 33.5 Å². The Morgan fingerprint density at radius 3 is 2.50 bits per heavy atom. The molecule has 6 rings (SSSR count). The first-order valence-electron chi connectivity index (χ1n) is 13.7. The number of aryl methyl sites for hydroxylation is 4. The standard InChI is InChI=1S/C31H27FN8O4/c1-5-40-23(22-10-9-19(16-33-22)26-17(2)44-39(4)31(26)43)14-20-15-24(32)35-27(28(20)40)30(42)34-21-8-6-7-18(13-21)29(41)36-25-11-12-38(3)37-25/h6-16H,5H2,1-4H3,(H,34,42)(H,36,37,41). The highest BCUT2D eigenvalue weighted by Crippen LogP contribution is 2.31. The first-order valence-corrected chi connectivity index (χ1v) is 13.7. The number of aromatic nitrogens is 6. The fourth-order valence-corrected chi connectivity index (χ4v) is 5.18. The number of anilines is 2. The number of nitrogens with one attached hydrogen (secondary N) is 2. The predicted octanol–water partition coefficient (Wildman–Crippen LogP) is 4.76. The highest BCUT2D eigenvalue weighted by molar-refractivity contribution is 6.12. The van der Waals surface area contributed by atoms with E-state index in [0.717, 1.165) is 4.74 Å². The van der Waals surface area contributed by atoms with Crippen LogP contribution in [0.15, 0.2) is 76.3 Å². The lowest BCUT2D eigenvalue weighted by Gasteiger charge is -2.12. The SMILES string of the molecule is CCn1c(-c2ccc(-c3c(C)on(C)c3=O)cn2)cc2cc(F)nc(C(=O)Nc3cccc(C(=O)Nc4ccn(C)n4)c3)c21. The first kappa shape index (κ1) is 28.3. The zero-order valence-corrected chi connectivity index (χ0v) is 24.3. The van der Waals surface area contributed by atoms with E-state index in [2.05, 4.69) is 25.7 Å². The third kappa shape index (κ3) is 5.15. The number of fused-ring (bicyclic) bond motifs is 1. The summed E-state index contributed by atoms with van der Waals surface area (Å²) in [6.07, 6.45) is 3.28. The number of nitrogens with zero attached hydrogens (tertiary/aromatic N) is 6. The van der Waals surface area contributed by atoms with Gasteiger partial charge in [0.05, 0.1) is 22.5 Å². The van der Waals surface area contributed by atoms with Crippen LogP contribution in [0.4, 0.5) is 15.9 Å². The molecule has 0 atom stereocenters. The Hall–Kier alpha value is -5.85. The van der Waals surface area contributed by atoms with Crippen molar-refractivity contribution in [2.75, 3.05) is 10.6 Å². The Balaban J connectivity index is 1.32. The molecule has 0 saturated heterocycles. The maximum atomic E-state index is 14.7. The third-order valence-electron chi connectivity index (χ3n) is 7.15. The molecule has 44 heavy (non-hydrogen) atoms. The van der Waals surface area contributed by atoms with Crippen molar-refractivity contribution < 1.29 is 18.5 Å². The number of carbonyl (C=O) groups is 2. The summed E-state index contributed by atoms with van der Waals surface area (Å²) in [6.45, 7) is 4.03. The molecule has 0 aliphatic heterocycles. The van der Waals surface area contributed by atoms with Crippen LogP contribution in [-0.4, -0.2) is 40.9 Å². The molecule has 1 aromatic carbocycles. The molecule has 5 heterocycles. The first-order chi connectivity index (χ1) is 21.1. The van der Waals surface area contributed by atoms with Gasteiger partial charge in [-0.05, 0) is 44.2 Å². The van der Waals surface area contributed by atoms with Crippen LogP contribution in [-0.2, 0) is 20.6 Å². The predicted molar refractivity (Wildman–Crippen MR) is 162 cm³/mol. The molecule has 0 unspecified atom stereocenters. The molecule has 0 spiro atoms. The number of benzene rings is 1. The summed E-state index contributed by atoms with van der Waals surface area (Å²) in [6, 6.07) is 14.5. The van der Waals surface area contributed by atoms with Gasteiger partial charge in [0.15, 0.2) is 11.5 Å². The Kier molecular flexibility index (Phi) is 7.13. The molecule has 0 bridgehead atoms. The number of pyridine rings is 2. The van der Waals surface area contributed by atoms with Gasteiger partial charge in [-0.3, -0.25) is 24.0 Å². The van der Waals surface area contributed by atoms with Crippen LogP contribution in [0.5, 0.6) is 0 Å². The monoisotopic (exact) mass is 594 g/mol. The quantitative estimate of drug-likeness (QED) is 0.254. The molecule has 2 N–H and O–H groups in total. The van der Waals surface area contributed by atoms with E-state index < -0.39 is 17.8 Å². The molecule has 222 valence electrons. The smallest absolute Gasteiger partial charge is 0.290 e. The van der Waals surface area contributed by atoms with E-state index in [1.54, 1.807) is 80.6 Å². The van der Waals surface area contributed by atoms with E-state index >= 15 is 0 Å². The van der Waals surface area contributed by atoms with Crippen LogP contribution in [0.3, 0.4) is 0 Å². The minimum absolute atomic E-state index is 0.120. The van der Waals surface area contributed by atoms with Gasteiger partial charge in [0, 0.05) is 67.4 Å². The van der Waals surface area contributed by atoms with Crippen molar-refractivity contribution in [3.63, 3.8) is 0 Å². The topological polar surface area (TPSA) is 142 Å². The molecule has 0 radical (unpaired) electrons. The Labute approximate surface area is 249 Å². The Morgan fingerprint density at radius 2 is 1.84 bits per heavy atom. The molecule has 12 nitrogen and oxygen atoms in total. The summed E-state index contributed by atoms with van der Waals surface area (Å²) < 4.78 is 24.7. The normalized spacial score (nSPS) is 11.2. The van der Waals surface area contributed by atoms with Gasteiger partial charge in [0.1, 0.15) is 5.76 Å². The summed E-state index contributed by atoms with van der Waals surface area (Å²) in [5.74, 6) is -1.01.